The van der Waals surface area contributed by atoms with Crippen LogP contribution < -0.4 is 4.74 Å². The summed E-state index contributed by atoms with van der Waals surface area (Å²) in [7, 11) is 0. The van der Waals surface area contributed by atoms with E-state index in [0.717, 1.165) is 25.0 Å². The van der Waals surface area contributed by atoms with Crippen molar-refractivity contribution in [2.24, 2.45) is 0 Å². The Labute approximate surface area is 145 Å². The lowest BCUT2D eigenvalue weighted by Crippen LogP contribution is -2.32. The summed E-state index contributed by atoms with van der Waals surface area (Å²) in [6.45, 7) is 1.15. The number of nitriles is 1. The van der Waals surface area contributed by atoms with Crippen LogP contribution in [0.2, 0.25) is 0 Å². The molecular weight excluding hydrogens is 318 g/mol. The van der Waals surface area contributed by atoms with Crippen molar-refractivity contribution in [3.8, 4) is 11.9 Å². The molecule has 0 aromatic carbocycles. The molecule has 2 fully saturated rings. The van der Waals surface area contributed by atoms with Gasteiger partial charge in [-0.1, -0.05) is 0 Å². The summed E-state index contributed by atoms with van der Waals surface area (Å²) in [5, 5.41) is 8.80. The van der Waals surface area contributed by atoms with Gasteiger partial charge in [-0.3, -0.25) is 4.79 Å². The number of rotatable bonds is 4. The van der Waals surface area contributed by atoms with Crippen LogP contribution in [0.1, 0.15) is 46.8 Å². The molecule has 4 rings (SSSR count). The highest BCUT2D eigenvalue weighted by molar-refractivity contribution is 5.95. The molecule has 2 aliphatic rings. The second-order valence-electron chi connectivity index (χ2n) is 6.37. The van der Waals surface area contributed by atoms with Gasteiger partial charge in [0.15, 0.2) is 0 Å². The average Bonchev–Trinajstić information content (AvgIpc) is 3.41. The molecule has 1 aliphatic carbocycles. The fourth-order valence-corrected chi connectivity index (χ4v) is 3.05. The summed E-state index contributed by atoms with van der Waals surface area (Å²) < 4.78 is 5.84. The molecule has 1 amide bonds. The maximum Gasteiger partial charge on any atom is 0.257 e. The van der Waals surface area contributed by atoms with Crippen LogP contribution in [0.4, 0.5) is 0 Å². The first-order chi connectivity index (χ1) is 12.2. The van der Waals surface area contributed by atoms with Crippen molar-refractivity contribution in [3.05, 3.63) is 47.7 Å². The number of aromatic nitrogens is 3. The smallest absolute Gasteiger partial charge is 0.257 e. The highest BCUT2D eigenvalue weighted by Crippen LogP contribution is 2.40. The monoisotopic (exact) mass is 335 g/mol. The molecule has 126 valence electrons. The van der Waals surface area contributed by atoms with Gasteiger partial charge in [-0.15, -0.1) is 0 Å². The number of nitrogens with zero attached hydrogens (tertiary/aromatic N) is 5. The molecule has 0 radical (unpaired) electrons. The van der Waals surface area contributed by atoms with Crippen molar-refractivity contribution in [2.75, 3.05) is 13.1 Å². The van der Waals surface area contributed by atoms with Crippen molar-refractivity contribution in [2.45, 2.75) is 31.3 Å². The molecule has 3 heterocycles. The number of hydrogen-bond donors (Lipinski definition) is 0. The Balaban J connectivity index is 1.42. The van der Waals surface area contributed by atoms with E-state index in [4.69, 9.17) is 10.00 Å². The van der Waals surface area contributed by atoms with Gasteiger partial charge < -0.3 is 9.64 Å². The van der Waals surface area contributed by atoms with E-state index in [9.17, 15) is 4.79 Å². The van der Waals surface area contributed by atoms with Crippen LogP contribution in [0.5, 0.6) is 5.88 Å². The van der Waals surface area contributed by atoms with Crippen molar-refractivity contribution in [1.82, 2.24) is 19.9 Å². The van der Waals surface area contributed by atoms with Crippen LogP contribution in [0.3, 0.4) is 0 Å². The lowest BCUT2D eigenvalue weighted by Gasteiger charge is -2.18. The maximum atomic E-state index is 12.8. The van der Waals surface area contributed by atoms with E-state index in [1.165, 1.54) is 12.5 Å². The van der Waals surface area contributed by atoms with Gasteiger partial charge in [0.25, 0.3) is 5.91 Å². The van der Waals surface area contributed by atoms with Crippen molar-refractivity contribution in [1.29, 1.82) is 5.26 Å². The lowest BCUT2D eigenvalue weighted by atomic mass is 10.1. The normalized spacial score (nSPS) is 19.5. The van der Waals surface area contributed by atoms with Gasteiger partial charge in [-0.2, -0.15) is 5.26 Å². The molecule has 1 saturated carbocycles. The van der Waals surface area contributed by atoms with Gasteiger partial charge in [0.1, 0.15) is 18.5 Å². The second kappa shape index (κ2) is 6.48. The minimum atomic E-state index is -0.0987. The topological polar surface area (TPSA) is 92.0 Å². The molecule has 0 spiro atoms. The number of amides is 1. The minimum absolute atomic E-state index is 0.0265. The average molecular weight is 335 g/mol. The third kappa shape index (κ3) is 3.29. The van der Waals surface area contributed by atoms with E-state index in [2.05, 4.69) is 15.0 Å². The first-order valence-electron chi connectivity index (χ1n) is 8.36. The summed E-state index contributed by atoms with van der Waals surface area (Å²) >= 11 is 0. The first-order valence-corrected chi connectivity index (χ1v) is 8.36. The Morgan fingerprint density at radius 3 is 2.84 bits per heavy atom. The molecule has 1 aliphatic heterocycles. The van der Waals surface area contributed by atoms with Crippen LogP contribution in [0, 0.1) is 11.3 Å². The lowest BCUT2D eigenvalue weighted by molar-refractivity contribution is 0.0769. The zero-order valence-electron chi connectivity index (χ0n) is 13.6. The van der Waals surface area contributed by atoms with E-state index < -0.39 is 0 Å². The Morgan fingerprint density at radius 1 is 1.24 bits per heavy atom. The number of pyridine rings is 1. The number of likely N-dealkylation sites (tertiary alicyclic amines) is 1. The Kier molecular flexibility index (Phi) is 4.02. The third-order valence-electron chi connectivity index (χ3n) is 4.52. The Hall–Kier alpha value is -3.01. The second-order valence-corrected chi connectivity index (χ2v) is 6.37. The van der Waals surface area contributed by atoms with Gasteiger partial charge in [0.2, 0.25) is 5.88 Å². The standard InChI is InChI=1S/C18H17N5O2/c19-7-12-1-4-16(21-8-12)25-14-5-6-23(10-14)18(24)15-9-20-11-22-17(15)13-2-3-13/h1,4,8-9,11,13-14H,2-3,5-6,10H2. The summed E-state index contributed by atoms with van der Waals surface area (Å²) in [4.78, 5) is 27.1. The molecular formula is C18H17N5O2. The number of carbonyl (C=O) groups is 1. The van der Waals surface area contributed by atoms with Gasteiger partial charge in [0, 0.05) is 37.3 Å². The number of carbonyl (C=O) groups excluding carboxylic acids is 1. The summed E-state index contributed by atoms with van der Waals surface area (Å²) in [5.74, 6) is 0.848. The predicted molar refractivity (Wildman–Crippen MR) is 87.9 cm³/mol. The molecule has 2 aromatic rings. The van der Waals surface area contributed by atoms with Gasteiger partial charge in [-0.05, 0) is 18.9 Å². The highest BCUT2D eigenvalue weighted by atomic mass is 16.5. The van der Waals surface area contributed by atoms with Gasteiger partial charge in [0.05, 0.1) is 23.4 Å². The molecule has 1 atom stereocenters. The highest BCUT2D eigenvalue weighted by Gasteiger charge is 2.34. The molecule has 1 unspecified atom stereocenters. The van der Waals surface area contributed by atoms with E-state index >= 15 is 0 Å². The summed E-state index contributed by atoms with van der Waals surface area (Å²) in [6, 6.07) is 5.37. The van der Waals surface area contributed by atoms with Gasteiger partial charge >= 0.3 is 0 Å². The molecule has 2 aromatic heterocycles. The molecule has 1 saturated heterocycles. The molecule has 0 N–H and O–H groups in total. The number of ether oxygens (including phenoxy) is 1. The summed E-state index contributed by atoms with van der Waals surface area (Å²) in [6.07, 6.45) is 7.45. The largest absolute Gasteiger partial charge is 0.472 e. The van der Waals surface area contributed by atoms with Crippen LogP contribution in [0.15, 0.2) is 30.9 Å². The van der Waals surface area contributed by atoms with Crippen LogP contribution in [0.25, 0.3) is 0 Å². The van der Waals surface area contributed by atoms with E-state index in [0.29, 0.717) is 36.0 Å². The van der Waals surface area contributed by atoms with Gasteiger partial charge in [-0.25, -0.2) is 15.0 Å². The third-order valence-corrected chi connectivity index (χ3v) is 4.52. The van der Waals surface area contributed by atoms with E-state index in [1.54, 1.807) is 23.2 Å². The van der Waals surface area contributed by atoms with Crippen LogP contribution >= 0.6 is 0 Å². The van der Waals surface area contributed by atoms with Crippen molar-refractivity contribution >= 4 is 5.91 Å². The Morgan fingerprint density at radius 2 is 2.12 bits per heavy atom. The maximum absolute atomic E-state index is 12.8. The van der Waals surface area contributed by atoms with E-state index in [-0.39, 0.29) is 12.0 Å². The minimum Gasteiger partial charge on any atom is -0.472 e. The molecule has 7 heteroatoms. The van der Waals surface area contributed by atoms with Crippen LogP contribution in [-0.2, 0) is 0 Å². The fraction of sp³-hybridized carbons (Fsp3) is 0.389. The van der Waals surface area contributed by atoms with E-state index in [1.807, 2.05) is 6.07 Å². The fourth-order valence-electron chi connectivity index (χ4n) is 3.05. The van der Waals surface area contributed by atoms with Crippen molar-refractivity contribution in [3.63, 3.8) is 0 Å². The Bertz CT molecular complexity index is 826. The summed E-state index contributed by atoms with van der Waals surface area (Å²) in [5.41, 5.74) is 1.98. The first kappa shape index (κ1) is 15.5. The quantitative estimate of drug-likeness (QED) is 0.847. The number of hydrogen-bond acceptors (Lipinski definition) is 6. The molecule has 7 nitrogen and oxygen atoms in total. The zero-order valence-corrected chi connectivity index (χ0v) is 13.6. The molecule has 0 bridgehead atoms. The van der Waals surface area contributed by atoms with Crippen molar-refractivity contribution < 1.29 is 9.53 Å². The SMILES string of the molecule is N#Cc1ccc(OC2CCN(C(=O)c3cncnc3C3CC3)C2)nc1. The van der Waals surface area contributed by atoms with Crippen LogP contribution in [-0.4, -0.2) is 45.0 Å². The zero-order chi connectivity index (χ0) is 17.2. The predicted octanol–water partition coefficient (Wildman–Crippen LogP) is 1.91. The molecule has 25 heavy (non-hydrogen) atoms.